The largest absolute Gasteiger partial charge is 0.231 e. The molecular weight excluding hydrogens is 396 g/mol. The van der Waals surface area contributed by atoms with Crippen LogP contribution in [0.5, 0.6) is 0 Å². The average molecular weight is 398 g/mol. The molecule has 0 N–H and O–H groups in total. The summed E-state index contributed by atoms with van der Waals surface area (Å²) in [6, 6.07) is 0. The van der Waals surface area contributed by atoms with E-state index in [0.29, 0.717) is 0 Å². The van der Waals surface area contributed by atoms with Gasteiger partial charge in [0.05, 0.1) is 35.2 Å². The molecule has 0 spiro atoms. The SMILES string of the molecule is [O]Cc1c(Cl)c(Cl)c2c(Cl)c(Cl)c(Cl)c(Cl)c2c1Cl. The van der Waals surface area contributed by atoms with E-state index in [1.807, 2.05) is 0 Å². The molecule has 0 unspecified atom stereocenters. The van der Waals surface area contributed by atoms with Gasteiger partial charge in [0.25, 0.3) is 0 Å². The van der Waals surface area contributed by atoms with Crippen LogP contribution in [-0.2, 0) is 11.7 Å². The Balaban J connectivity index is 3.18. The Bertz CT molecular complexity index is 696. The third kappa shape index (κ3) is 2.39. The maximum atomic E-state index is 11.2. The van der Waals surface area contributed by atoms with E-state index in [1.54, 1.807) is 0 Å². The maximum absolute atomic E-state index is 11.2. The molecule has 0 bridgehead atoms. The van der Waals surface area contributed by atoms with Gasteiger partial charge in [0.15, 0.2) is 0 Å². The second-order valence-corrected chi connectivity index (χ2v) is 6.22. The fourth-order valence-electron chi connectivity index (χ4n) is 1.66. The molecule has 0 fully saturated rings. The van der Waals surface area contributed by atoms with Crippen molar-refractivity contribution >= 4 is 92.0 Å². The highest BCUT2D eigenvalue weighted by molar-refractivity contribution is 6.59. The quantitative estimate of drug-likeness (QED) is 0.354. The van der Waals surface area contributed by atoms with Crippen LogP contribution in [0.25, 0.3) is 10.8 Å². The molecule has 0 aliphatic rings. The number of hydrogen-bond donors (Lipinski definition) is 0. The molecule has 0 saturated carbocycles. The molecule has 2 aromatic carbocycles. The van der Waals surface area contributed by atoms with E-state index in [-0.39, 0.29) is 51.5 Å². The molecule has 0 heterocycles. The van der Waals surface area contributed by atoms with Crippen LogP contribution in [0, 0.1) is 0 Å². The molecule has 0 aliphatic carbocycles. The highest BCUT2D eigenvalue weighted by atomic mass is 35.5. The Hall–Kier alpha value is 0.690. The monoisotopic (exact) mass is 395 g/mol. The lowest BCUT2D eigenvalue weighted by Crippen LogP contribution is -1.92. The van der Waals surface area contributed by atoms with Gasteiger partial charge in [-0.25, -0.2) is 5.11 Å². The Morgan fingerprint density at radius 2 is 0.895 bits per heavy atom. The van der Waals surface area contributed by atoms with Crippen LogP contribution in [0.4, 0.5) is 0 Å². The maximum Gasteiger partial charge on any atom is 0.110 e. The lowest BCUT2D eigenvalue weighted by atomic mass is 10.1. The minimum Gasteiger partial charge on any atom is -0.231 e. The molecule has 1 nitrogen and oxygen atoms in total. The van der Waals surface area contributed by atoms with E-state index >= 15 is 0 Å². The molecule has 2 rings (SSSR count). The summed E-state index contributed by atoms with van der Waals surface area (Å²) >= 11 is 42.4. The van der Waals surface area contributed by atoms with Crippen molar-refractivity contribution in [2.45, 2.75) is 6.61 Å². The minimum atomic E-state index is -0.651. The van der Waals surface area contributed by atoms with Crippen LogP contribution in [-0.4, -0.2) is 0 Å². The minimum absolute atomic E-state index is 0.0329. The number of halogens is 7. The molecule has 101 valence electrons. The van der Waals surface area contributed by atoms with Gasteiger partial charge in [-0.2, -0.15) is 0 Å². The van der Waals surface area contributed by atoms with Gasteiger partial charge in [-0.05, 0) is 0 Å². The van der Waals surface area contributed by atoms with Gasteiger partial charge in [0.1, 0.15) is 6.61 Å². The first kappa shape index (κ1) is 16.1. The van der Waals surface area contributed by atoms with E-state index in [2.05, 4.69) is 0 Å². The van der Waals surface area contributed by atoms with E-state index in [4.69, 9.17) is 81.2 Å². The summed E-state index contributed by atoms with van der Waals surface area (Å²) in [6.07, 6.45) is 0. The van der Waals surface area contributed by atoms with Crippen molar-refractivity contribution in [3.05, 3.63) is 40.7 Å². The molecule has 0 saturated heterocycles. The first-order valence-electron chi connectivity index (χ1n) is 4.72. The van der Waals surface area contributed by atoms with Gasteiger partial charge in [-0.1, -0.05) is 81.2 Å². The summed E-state index contributed by atoms with van der Waals surface area (Å²) in [6.45, 7) is -0.651. The number of hydrogen-bond acceptors (Lipinski definition) is 0. The molecule has 2 aromatic rings. The molecule has 0 amide bonds. The Morgan fingerprint density at radius 3 is 1.32 bits per heavy atom. The summed E-state index contributed by atoms with van der Waals surface area (Å²) in [5.74, 6) is 0. The summed E-state index contributed by atoms with van der Waals surface area (Å²) in [5.41, 5.74) is 0.136. The summed E-state index contributed by atoms with van der Waals surface area (Å²) in [7, 11) is 0. The Morgan fingerprint density at radius 1 is 0.526 bits per heavy atom. The normalized spacial score (nSPS) is 11.4. The fourth-order valence-corrected chi connectivity index (χ4v) is 3.73. The van der Waals surface area contributed by atoms with Crippen LogP contribution < -0.4 is 0 Å². The highest BCUT2D eigenvalue weighted by Crippen LogP contribution is 2.50. The lowest BCUT2D eigenvalue weighted by Gasteiger charge is -2.15. The van der Waals surface area contributed by atoms with Gasteiger partial charge < -0.3 is 0 Å². The predicted molar refractivity (Wildman–Crippen MR) is 83.4 cm³/mol. The molecule has 19 heavy (non-hydrogen) atoms. The van der Waals surface area contributed by atoms with Gasteiger partial charge in [0, 0.05) is 16.3 Å². The van der Waals surface area contributed by atoms with Crippen molar-refractivity contribution in [3.8, 4) is 0 Å². The van der Waals surface area contributed by atoms with Gasteiger partial charge in [-0.15, -0.1) is 0 Å². The van der Waals surface area contributed by atoms with Crippen molar-refractivity contribution in [2.75, 3.05) is 0 Å². The average Bonchev–Trinajstić information content (AvgIpc) is 2.38. The number of fused-ring (bicyclic) bond motifs is 1. The lowest BCUT2D eigenvalue weighted by molar-refractivity contribution is 0.178. The van der Waals surface area contributed by atoms with Gasteiger partial charge in [-0.3, -0.25) is 0 Å². The summed E-state index contributed by atoms with van der Waals surface area (Å²) in [5, 5.41) is 12.1. The van der Waals surface area contributed by atoms with E-state index in [1.165, 1.54) is 0 Å². The first-order valence-corrected chi connectivity index (χ1v) is 7.36. The Labute approximate surface area is 143 Å². The van der Waals surface area contributed by atoms with Crippen molar-refractivity contribution in [3.63, 3.8) is 0 Å². The van der Waals surface area contributed by atoms with E-state index in [0.717, 1.165) is 0 Å². The van der Waals surface area contributed by atoms with Crippen molar-refractivity contribution in [2.24, 2.45) is 0 Å². The molecule has 1 radical (unpaired) electrons. The Kier molecular flexibility index (Phi) is 4.93. The zero-order chi connectivity index (χ0) is 14.5. The van der Waals surface area contributed by atoms with Crippen LogP contribution in [0.2, 0.25) is 35.2 Å². The van der Waals surface area contributed by atoms with Gasteiger partial charge >= 0.3 is 0 Å². The fraction of sp³-hybridized carbons (Fsp3) is 0.0909. The van der Waals surface area contributed by atoms with Crippen LogP contribution >= 0.6 is 81.2 Å². The van der Waals surface area contributed by atoms with E-state index < -0.39 is 6.61 Å². The smallest absolute Gasteiger partial charge is 0.110 e. The van der Waals surface area contributed by atoms with Crippen molar-refractivity contribution in [1.82, 2.24) is 0 Å². The second kappa shape index (κ2) is 5.82. The number of benzene rings is 2. The van der Waals surface area contributed by atoms with Crippen molar-refractivity contribution < 1.29 is 5.11 Å². The third-order valence-electron chi connectivity index (χ3n) is 2.57. The van der Waals surface area contributed by atoms with Gasteiger partial charge in [0.2, 0.25) is 0 Å². The van der Waals surface area contributed by atoms with Crippen LogP contribution in [0.1, 0.15) is 5.56 Å². The molecular formula is C11H2Cl7O. The van der Waals surface area contributed by atoms with E-state index in [9.17, 15) is 5.11 Å². The number of rotatable bonds is 1. The first-order chi connectivity index (χ1) is 8.82. The second-order valence-electron chi connectivity index (χ2n) is 3.57. The van der Waals surface area contributed by atoms with Crippen LogP contribution in [0.15, 0.2) is 0 Å². The molecule has 0 atom stereocenters. The highest BCUT2D eigenvalue weighted by Gasteiger charge is 2.24. The summed E-state index contributed by atoms with van der Waals surface area (Å²) < 4.78 is 0. The zero-order valence-corrected chi connectivity index (χ0v) is 14.1. The zero-order valence-electron chi connectivity index (χ0n) is 8.76. The molecule has 0 aromatic heterocycles. The summed E-state index contributed by atoms with van der Waals surface area (Å²) in [4.78, 5) is 0. The molecule has 8 heteroatoms. The van der Waals surface area contributed by atoms with Crippen molar-refractivity contribution in [1.29, 1.82) is 0 Å². The standard InChI is InChI=1S/C11H2Cl7O/c12-5-2(1-19)6(13)7(14)4-3(5)8(15)10(17)11(18)9(4)16/h1H2. The molecule has 0 aliphatic heterocycles. The predicted octanol–water partition coefficient (Wildman–Crippen LogP) is 7.34. The third-order valence-corrected chi connectivity index (χ3v) is 5.68. The topological polar surface area (TPSA) is 19.9 Å². The van der Waals surface area contributed by atoms with Crippen LogP contribution in [0.3, 0.4) is 0 Å².